The largest absolute Gasteiger partial charge is 0.454 e. The van der Waals surface area contributed by atoms with E-state index in [0.717, 1.165) is 22.6 Å². The molecule has 122 valence electrons. The van der Waals surface area contributed by atoms with Crippen LogP contribution < -0.4 is 9.47 Å². The average Bonchev–Trinajstić information content (AvgIpc) is 3.15. The van der Waals surface area contributed by atoms with Crippen LogP contribution in [0.25, 0.3) is 11.4 Å². The first kappa shape index (κ1) is 15.5. The topological polar surface area (TPSA) is 52.1 Å². The monoisotopic (exact) mass is 379 g/mol. The number of aromatic amines is 1. The van der Waals surface area contributed by atoms with E-state index in [1.807, 2.05) is 28.8 Å². The van der Waals surface area contributed by atoms with Crippen molar-refractivity contribution in [3.63, 3.8) is 0 Å². The molecule has 3 aromatic rings. The van der Waals surface area contributed by atoms with Gasteiger partial charge in [0.05, 0.1) is 11.6 Å². The zero-order chi connectivity index (χ0) is 16.7. The number of halogens is 2. The molecule has 8 heteroatoms. The molecule has 2 heterocycles. The van der Waals surface area contributed by atoms with E-state index in [9.17, 15) is 0 Å². The zero-order valence-electron chi connectivity index (χ0n) is 12.3. The van der Waals surface area contributed by atoms with Gasteiger partial charge in [-0.15, -0.1) is 0 Å². The molecule has 5 nitrogen and oxygen atoms in total. The van der Waals surface area contributed by atoms with E-state index in [4.69, 9.17) is 44.9 Å². The van der Waals surface area contributed by atoms with Crippen LogP contribution in [-0.2, 0) is 6.54 Å². The van der Waals surface area contributed by atoms with Crippen LogP contribution in [0.5, 0.6) is 11.5 Å². The standard InChI is InChI=1S/C16H11Cl2N3O2S/c17-10-2-3-11(12(18)6-10)15-19-20-16(24)21(15)7-9-1-4-13-14(5-9)23-8-22-13/h1-6H,7-8H2,(H,20,24). The van der Waals surface area contributed by atoms with E-state index < -0.39 is 0 Å². The zero-order valence-corrected chi connectivity index (χ0v) is 14.6. The molecule has 0 fully saturated rings. The molecule has 0 atom stereocenters. The van der Waals surface area contributed by atoms with Crippen LogP contribution in [0.2, 0.25) is 10.0 Å². The first-order valence-electron chi connectivity index (χ1n) is 7.11. The van der Waals surface area contributed by atoms with Crippen LogP contribution in [0, 0.1) is 4.77 Å². The van der Waals surface area contributed by atoms with Crippen molar-refractivity contribution in [3.05, 3.63) is 56.8 Å². The highest BCUT2D eigenvalue weighted by Crippen LogP contribution is 2.34. The minimum atomic E-state index is 0.246. The summed E-state index contributed by atoms with van der Waals surface area (Å²) in [5, 5.41) is 8.21. The summed E-state index contributed by atoms with van der Waals surface area (Å²) < 4.78 is 13.1. The van der Waals surface area contributed by atoms with E-state index in [1.54, 1.807) is 12.1 Å². The Morgan fingerprint density at radius 2 is 1.96 bits per heavy atom. The Hall–Kier alpha value is -2.02. The predicted octanol–water partition coefficient (Wildman–Crippen LogP) is 4.69. The van der Waals surface area contributed by atoms with Gasteiger partial charge >= 0.3 is 0 Å². The molecule has 0 saturated carbocycles. The maximum absolute atomic E-state index is 6.30. The van der Waals surface area contributed by atoms with Gasteiger partial charge in [0.1, 0.15) is 0 Å². The lowest BCUT2D eigenvalue weighted by atomic mass is 10.1. The minimum Gasteiger partial charge on any atom is -0.454 e. The summed E-state index contributed by atoms with van der Waals surface area (Å²) in [4.78, 5) is 0. The smallest absolute Gasteiger partial charge is 0.231 e. The third-order valence-electron chi connectivity index (χ3n) is 3.71. The maximum atomic E-state index is 6.30. The van der Waals surface area contributed by atoms with Crippen LogP contribution in [0.15, 0.2) is 36.4 Å². The van der Waals surface area contributed by atoms with Crippen molar-refractivity contribution < 1.29 is 9.47 Å². The predicted molar refractivity (Wildman–Crippen MR) is 94.5 cm³/mol. The van der Waals surface area contributed by atoms with Gasteiger partial charge in [0.25, 0.3) is 0 Å². The Labute approximate surface area is 152 Å². The van der Waals surface area contributed by atoms with Crippen molar-refractivity contribution in [3.8, 4) is 22.9 Å². The van der Waals surface area contributed by atoms with Gasteiger partial charge in [-0.25, -0.2) is 0 Å². The van der Waals surface area contributed by atoms with Gasteiger partial charge in [-0.2, -0.15) is 5.10 Å². The normalized spacial score (nSPS) is 12.6. The number of nitrogens with one attached hydrogen (secondary N) is 1. The lowest BCUT2D eigenvalue weighted by Gasteiger charge is -2.09. The second-order valence-corrected chi connectivity index (χ2v) is 6.48. The molecule has 0 spiro atoms. The molecule has 4 rings (SSSR count). The van der Waals surface area contributed by atoms with E-state index in [1.165, 1.54) is 0 Å². The SMILES string of the molecule is S=c1[nH]nc(-c2ccc(Cl)cc2Cl)n1Cc1ccc2c(c1)OCO2. The number of hydrogen-bond acceptors (Lipinski definition) is 4. The summed E-state index contributed by atoms with van der Waals surface area (Å²) in [7, 11) is 0. The van der Waals surface area contributed by atoms with Gasteiger partial charge in [0.2, 0.25) is 6.79 Å². The summed E-state index contributed by atoms with van der Waals surface area (Å²) in [6, 6.07) is 11.1. The summed E-state index contributed by atoms with van der Waals surface area (Å²) in [5.41, 5.74) is 1.78. The third kappa shape index (κ3) is 2.77. The number of H-pyrrole nitrogens is 1. The van der Waals surface area contributed by atoms with Crippen molar-refractivity contribution in [2.45, 2.75) is 6.54 Å². The van der Waals surface area contributed by atoms with E-state index in [-0.39, 0.29) is 6.79 Å². The number of fused-ring (bicyclic) bond motifs is 1. The number of aromatic nitrogens is 3. The minimum absolute atomic E-state index is 0.246. The van der Waals surface area contributed by atoms with Crippen molar-refractivity contribution in [1.29, 1.82) is 0 Å². The molecule has 0 bridgehead atoms. The molecule has 24 heavy (non-hydrogen) atoms. The van der Waals surface area contributed by atoms with E-state index in [2.05, 4.69) is 10.2 Å². The van der Waals surface area contributed by atoms with Crippen molar-refractivity contribution in [2.24, 2.45) is 0 Å². The van der Waals surface area contributed by atoms with Gasteiger partial charge < -0.3 is 9.47 Å². The summed E-state index contributed by atoms with van der Waals surface area (Å²) >= 11 is 17.6. The first-order valence-corrected chi connectivity index (χ1v) is 8.27. The Morgan fingerprint density at radius 3 is 2.79 bits per heavy atom. The number of rotatable bonds is 3. The average molecular weight is 380 g/mol. The Bertz CT molecular complexity index is 984. The highest BCUT2D eigenvalue weighted by molar-refractivity contribution is 7.71. The van der Waals surface area contributed by atoms with E-state index >= 15 is 0 Å². The van der Waals surface area contributed by atoms with Crippen LogP contribution in [0.4, 0.5) is 0 Å². The Kier molecular flexibility index (Phi) is 3.96. The summed E-state index contributed by atoms with van der Waals surface area (Å²) in [6.45, 7) is 0.774. The molecule has 1 aliphatic rings. The van der Waals surface area contributed by atoms with Gasteiger partial charge in [0, 0.05) is 10.6 Å². The second-order valence-electron chi connectivity index (χ2n) is 5.25. The van der Waals surface area contributed by atoms with Crippen molar-refractivity contribution in [1.82, 2.24) is 14.8 Å². The lowest BCUT2D eigenvalue weighted by Crippen LogP contribution is -2.03. The molecule has 2 aromatic carbocycles. The molecule has 1 N–H and O–H groups in total. The van der Waals surface area contributed by atoms with Crippen LogP contribution >= 0.6 is 35.4 Å². The van der Waals surface area contributed by atoms with Crippen molar-refractivity contribution in [2.75, 3.05) is 6.79 Å². The van der Waals surface area contributed by atoms with E-state index in [0.29, 0.717) is 27.2 Å². The molecular weight excluding hydrogens is 369 g/mol. The molecule has 0 unspecified atom stereocenters. The van der Waals surface area contributed by atoms with Gasteiger partial charge in [-0.1, -0.05) is 29.3 Å². The number of benzene rings is 2. The molecule has 0 saturated heterocycles. The van der Waals surface area contributed by atoms with Crippen LogP contribution in [-0.4, -0.2) is 21.6 Å². The molecular formula is C16H11Cl2N3O2S. The number of nitrogens with zero attached hydrogens (tertiary/aromatic N) is 2. The van der Waals surface area contributed by atoms with Gasteiger partial charge in [-0.05, 0) is 48.1 Å². The second kappa shape index (κ2) is 6.12. The number of hydrogen-bond donors (Lipinski definition) is 1. The highest BCUT2D eigenvalue weighted by atomic mass is 35.5. The quantitative estimate of drug-likeness (QED) is 0.670. The Balaban J connectivity index is 1.74. The molecule has 0 aliphatic carbocycles. The lowest BCUT2D eigenvalue weighted by molar-refractivity contribution is 0.174. The molecule has 1 aromatic heterocycles. The fourth-order valence-corrected chi connectivity index (χ4v) is 3.25. The van der Waals surface area contributed by atoms with Crippen molar-refractivity contribution >= 4 is 35.4 Å². The third-order valence-corrected chi connectivity index (χ3v) is 4.57. The molecule has 1 aliphatic heterocycles. The fourth-order valence-electron chi connectivity index (χ4n) is 2.56. The summed E-state index contributed by atoms with van der Waals surface area (Å²) in [6.07, 6.45) is 0. The number of ether oxygens (including phenoxy) is 2. The first-order chi connectivity index (χ1) is 11.6. The fraction of sp³-hybridized carbons (Fsp3) is 0.125. The molecule has 0 radical (unpaired) electrons. The van der Waals surface area contributed by atoms with Gasteiger partial charge in [0.15, 0.2) is 22.1 Å². The molecule has 0 amide bonds. The highest BCUT2D eigenvalue weighted by Gasteiger charge is 2.16. The van der Waals surface area contributed by atoms with Crippen LogP contribution in [0.1, 0.15) is 5.56 Å². The maximum Gasteiger partial charge on any atom is 0.231 e. The Morgan fingerprint density at radius 1 is 1.12 bits per heavy atom. The summed E-state index contributed by atoms with van der Waals surface area (Å²) in [5.74, 6) is 2.13. The van der Waals surface area contributed by atoms with Crippen LogP contribution in [0.3, 0.4) is 0 Å². The van der Waals surface area contributed by atoms with Gasteiger partial charge in [-0.3, -0.25) is 9.67 Å².